The highest BCUT2D eigenvalue weighted by Gasteiger charge is 2.57. The summed E-state index contributed by atoms with van der Waals surface area (Å²) in [6.45, 7) is 10.2. The number of nitrogens with one attached hydrogen (secondary N) is 1. The molecule has 2 aliphatic carbocycles. The molecule has 5 fully saturated rings. The summed E-state index contributed by atoms with van der Waals surface area (Å²) in [6, 6.07) is 0.229. The van der Waals surface area contributed by atoms with Crippen molar-refractivity contribution in [3.05, 3.63) is 16.6 Å². The quantitative estimate of drug-likeness (QED) is 0.404. The first-order valence-corrected chi connectivity index (χ1v) is 19.0. The Balaban J connectivity index is 0.000000178. The number of thiazole rings is 1. The van der Waals surface area contributed by atoms with E-state index in [0.717, 1.165) is 71.4 Å². The molecule has 11 nitrogen and oxygen atoms in total. The molecule has 13 heteroatoms. The molecule has 4 amide bonds. The van der Waals surface area contributed by atoms with Gasteiger partial charge in [0.2, 0.25) is 18.2 Å². The number of aromatic nitrogens is 1. The van der Waals surface area contributed by atoms with Crippen LogP contribution in [0.4, 0.5) is 0 Å². The van der Waals surface area contributed by atoms with Crippen molar-refractivity contribution >= 4 is 46.5 Å². The fourth-order valence-corrected chi connectivity index (χ4v) is 8.64. The van der Waals surface area contributed by atoms with Crippen molar-refractivity contribution in [1.82, 2.24) is 29.3 Å². The van der Waals surface area contributed by atoms with Gasteiger partial charge in [-0.25, -0.2) is 4.21 Å². The third-order valence-corrected chi connectivity index (χ3v) is 11.7. The Hall–Kier alpha value is -2.38. The van der Waals surface area contributed by atoms with Gasteiger partial charge in [0.1, 0.15) is 15.9 Å². The Morgan fingerprint density at radius 3 is 2.42 bits per heavy atom. The summed E-state index contributed by atoms with van der Waals surface area (Å²) in [7, 11) is -1.33. The number of rotatable bonds is 9. The van der Waals surface area contributed by atoms with Gasteiger partial charge in [-0.2, -0.15) is 0 Å². The monoisotopic (exact) mass is 662 g/mol. The highest BCUT2D eigenvalue weighted by Crippen LogP contribution is 2.54. The Bertz CT molecular complexity index is 1230. The molecule has 0 aromatic carbocycles. The molecule has 0 bridgehead atoms. The van der Waals surface area contributed by atoms with Gasteiger partial charge < -0.3 is 14.7 Å². The van der Waals surface area contributed by atoms with Crippen LogP contribution in [-0.4, -0.2) is 118 Å². The molecule has 6 rings (SSSR count). The zero-order valence-electron chi connectivity index (χ0n) is 27.1. The second kappa shape index (κ2) is 14.6. The van der Waals surface area contributed by atoms with Gasteiger partial charge in [-0.05, 0) is 49.9 Å². The summed E-state index contributed by atoms with van der Waals surface area (Å²) in [5.41, 5.74) is 2.04. The Kier molecular flexibility index (Phi) is 11.0. The highest BCUT2D eigenvalue weighted by molar-refractivity contribution is 7.82. The number of amides is 4. The predicted molar refractivity (Wildman–Crippen MR) is 175 cm³/mol. The van der Waals surface area contributed by atoms with Gasteiger partial charge in [-0.3, -0.25) is 33.8 Å². The minimum atomic E-state index is -1.33. The minimum Gasteiger partial charge on any atom is -0.344 e. The van der Waals surface area contributed by atoms with Gasteiger partial charge in [0.05, 0.1) is 18.3 Å². The minimum absolute atomic E-state index is 0.0903. The van der Waals surface area contributed by atoms with E-state index in [-0.39, 0.29) is 41.1 Å². The summed E-state index contributed by atoms with van der Waals surface area (Å²) in [6.07, 6.45) is 14.3. The molecule has 45 heavy (non-hydrogen) atoms. The van der Waals surface area contributed by atoms with Gasteiger partial charge in [0.25, 0.3) is 5.91 Å². The van der Waals surface area contributed by atoms with E-state index in [1.807, 2.05) is 9.80 Å². The summed E-state index contributed by atoms with van der Waals surface area (Å²) >= 11 is 1.39. The van der Waals surface area contributed by atoms with Crippen molar-refractivity contribution < 1.29 is 23.4 Å². The van der Waals surface area contributed by atoms with Crippen molar-refractivity contribution in [3.63, 3.8) is 0 Å². The molecule has 1 N–H and O–H groups in total. The lowest BCUT2D eigenvalue weighted by molar-refractivity contribution is -0.144. The lowest BCUT2D eigenvalue weighted by Crippen LogP contribution is -2.60. The van der Waals surface area contributed by atoms with E-state index in [1.54, 1.807) is 16.6 Å². The van der Waals surface area contributed by atoms with Gasteiger partial charge >= 0.3 is 0 Å². The zero-order valence-corrected chi connectivity index (χ0v) is 28.7. The third kappa shape index (κ3) is 8.71. The van der Waals surface area contributed by atoms with Crippen LogP contribution in [0.25, 0.3) is 0 Å². The molecule has 1 aromatic heterocycles. The maximum Gasteiger partial charge on any atom is 0.265 e. The molecule has 3 unspecified atom stereocenters. The lowest BCUT2D eigenvalue weighted by atomic mass is 9.78. The van der Waals surface area contributed by atoms with Crippen LogP contribution in [0, 0.1) is 22.7 Å². The Morgan fingerprint density at radius 1 is 1.09 bits per heavy atom. The molecular formula is C32H50N6O5S2. The van der Waals surface area contributed by atoms with Crippen LogP contribution in [0.3, 0.4) is 0 Å². The number of nitrogens with zero attached hydrogens (tertiary/aromatic N) is 5. The average Bonchev–Trinajstić information content (AvgIpc) is 3.39. The summed E-state index contributed by atoms with van der Waals surface area (Å²) in [5.74, 6) is 1.08. The van der Waals surface area contributed by atoms with Crippen molar-refractivity contribution in [2.45, 2.75) is 77.7 Å². The lowest BCUT2D eigenvalue weighted by Gasteiger charge is -2.48. The van der Waals surface area contributed by atoms with E-state index in [1.165, 1.54) is 49.7 Å². The molecular weight excluding hydrogens is 613 g/mol. The van der Waals surface area contributed by atoms with Crippen LogP contribution in [0.5, 0.6) is 0 Å². The van der Waals surface area contributed by atoms with E-state index in [0.29, 0.717) is 23.2 Å². The summed E-state index contributed by atoms with van der Waals surface area (Å²) in [4.78, 5) is 60.5. The first-order valence-electron chi connectivity index (χ1n) is 16.5. The second-order valence-corrected chi connectivity index (χ2v) is 16.6. The fraction of sp³-hybridized carbons (Fsp3) is 0.781. The molecule has 4 heterocycles. The third-order valence-electron chi connectivity index (χ3n) is 10.5. The molecule has 5 aliphatic rings. The van der Waals surface area contributed by atoms with E-state index in [9.17, 15) is 23.4 Å². The highest BCUT2D eigenvalue weighted by atomic mass is 32.2. The van der Waals surface area contributed by atoms with Gasteiger partial charge in [0, 0.05) is 69.4 Å². The molecule has 1 spiro atoms. The molecule has 2 saturated carbocycles. The zero-order chi connectivity index (χ0) is 32.2. The smallest absolute Gasteiger partial charge is 0.265 e. The maximum absolute atomic E-state index is 12.4. The van der Waals surface area contributed by atoms with Gasteiger partial charge in [-0.15, -0.1) is 11.3 Å². The van der Waals surface area contributed by atoms with Crippen LogP contribution < -0.4 is 4.72 Å². The molecule has 250 valence electrons. The fourth-order valence-electron chi connectivity index (χ4n) is 7.67. The van der Waals surface area contributed by atoms with Crippen LogP contribution in [0.1, 0.15) is 81.3 Å². The van der Waals surface area contributed by atoms with E-state index >= 15 is 0 Å². The topological polar surface area (TPSA) is 123 Å². The van der Waals surface area contributed by atoms with Crippen molar-refractivity contribution in [1.29, 1.82) is 0 Å². The van der Waals surface area contributed by atoms with Crippen molar-refractivity contribution in [2.75, 3.05) is 58.6 Å². The van der Waals surface area contributed by atoms with E-state index in [2.05, 4.69) is 28.5 Å². The van der Waals surface area contributed by atoms with Crippen LogP contribution in [-0.2, 0) is 25.4 Å². The number of hydrogen-bond acceptors (Lipinski definition) is 8. The first kappa shape index (κ1) is 34.0. The number of hydrogen-bond donors (Lipinski definition) is 1. The molecule has 1 aromatic rings. The largest absolute Gasteiger partial charge is 0.344 e. The van der Waals surface area contributed by atoms with E-state index < -0.39 is 11.0 Å². The SMILES string of the molecule is CC1(C)CC1C(=O)N1CC2(CCN(C(=O)c3cncs3)C2)C1.CS(=O)NC(=O)CN(CC1CCCCC1)C1CCCN(C=O)C1. The van der Waals surface area contributed by atoms with Gasteiger partial charge in [-0.1, -0.05) is 33.1 Å². The average molecular weight is 663 g/mol. The normalized spacial score (nSPS) is 26.1. The molecule has 3 aliphatic heterocycles. The van der Waals surface area contributed by atoms with Gasteiger partial charge in [0.15, 0.2) is 0 Å². The van der Waals surface area contributed by atoms with Crippen molar-refractivity contribution in [2.24, 2.45) is 22.7 Å². The summed E-state index contributed by atoms with van der Waals surface area (Å²) in [5, 5.41) is 0. The van der Waals surface area contributed by atoms with Crippen LogP contribution >= 0.6 is 11.3 Å². The molecule has 3 atom stereocenters. The standard InChI is InChI=1S/C16H29N3O3S.C16H21N3O2S/c1-23(22)17-16(21)12-19(10-14-6-3-2-4-7-14)15-8-5-9-18(11-15)13-20;1-15(2)5-11(15)13(20)19-8-16(9-19)3-4-18(7-16)14(21)12-6-17-10-22-12/h13-15H,2-12H2,1H3,(H,17,21);6,10-11H,3-5,7-9H2,1-2H3. The number of piperidine rings is 1. The number of carbonyl (C=O) groups excluding carboxylic acids is 4. The van der Waals surface area contributed by atoms with E-state index in [4.69, 9.17) is 0 Å². The second-order valence-electron chi connectivity index (χ2n) is 14.6. The number of likely N-dealkylation sites (tertiary alicyclic amines) is 3. The van der Waals surface area contributed by atoms with Crippen LogP contribution in [0.15, 0.2) is 11.7 Å². The van der Waals surface area contributed by atoms with Crippen LogP contribution in [0.2, 0.25) is 0 Å². The summed E-state index contributed by atoms with van der Waals surface area (Å²) < 4.78 is 13.7. The van der Waals surface area contributed by atoms with Crippen molar-refractivity contribution in [3.8, 4) is 0 Å². The maximum atomic E-state index is 12.4. The molecule has 0 radical (unpaired) electrons. The Labute approximate surface area is 274 Å². The first-order chi connectivity index (χ1) is 21.5. The predicted octanol–water partition coefficient (Wildman–Crippen LogP) is 2.76. The Morgan fingerprint density at radius 2 is 1.80 bits per heavy atom. The molecule has 3 saturated heterocycles. The number of carbonyl (C=O) groups is 4.